The highest BCUT2D eigenvalue weighted by atomic mass is 16.7. The van der Waals surface area contributed by atoms with Crippen LogP contribution in [0.5, 0.6) is 0 Å². The molecule has 50 nitrogen and oxygen atoms in total. The van der Waals surface area contributed by atoms with Crippen LogP contribution in [0.15, 0.2) is 30.3 Å². The lowest BCUT2D eigenvalue weighted by Gasteiger charge is -2.44. The van der Waals surface area contributed by atoms with Gasteiger partial charge in [0.25, 0.3) is 0 Å². The number of carbonyl (C=O) groups is 17. The summed E-state index contributed by atoms with van der Waals surface area (Å²) in [7, 11) is 0. The molecule has 3 fully saturated rings. The molecule has 0 aromatic heterocycles. The van der Waals surface area contributed by atoms with Crippen molar-refractivity contribution < 1.29 is 200 Å². The third-order valence-electron chi connectivity index (χ3n) is 19.2. The van der Waals surface area contributed by atoms with Crippen molar-refractivity contribution in [1.29, 1.82) is 0 Å². The normalized spacial score (nSPS) is 21.5. The van der Waals surface area contributed by atoms with E-state index in [1.54, 1.807) is 30.3 Å². The van der Waals surface area contributed by atoms with E-state index in [0.717, 1.165) is 62.3 Å². The minimum atomic E-state index is -1.46. The Balaban J connectivity index is 1.33. The summed E-state index contributed by atoms with van der Waals surface area (Å²) >= 11 is 0. The van der Waals surface area contributed by atoms with Gasteiger partial charge in [-0.15, -0.1) is 0 Å². The van der Waals surface area contributed by atoms with Gasteiger partial charge in [0.1, 0.15) is 69.4 Å². The molecule has 4 rings (SSSR count). The first-order valence-electron chi connectivity index (χ1n) is 44.3. The molecule has 3 aliphatic heterocycles. The molecule has 8 N–H and O–H groups in total. The Bertz CT molecular complexity index is 3530. The summed E-state index contributed by atoms with van der Waals surface area (Å²) in [6, 6.07) is 5.24. The van der Waals surface area contributed by atoms with Crippen LogP contribution in [0.3, 0.4) is 0 Å². The Hall–Kier alpha value is -10.6. The summed E-state index contributed by atoms with van der Waals surface area (Å²) in [6.07, 6.45) is -17.3. The first-order chi connectivity index (χ1) is 64.9. The van der Waals surface area contributed by atoms with Gasteiger partial charge in [-0.05, 0) is 24.8 Å². The Morgan fingerprint density at radius 1 is 0.294 bits per heavy atom. The highest BCUT2D eigenvalue weighted by Crippen LogP contribution is 2.33. The summed E-state index contributed by atoms with van der Waals surface area (Å²) in [5.41, 5.74) is -0.786. The van der Waals surface area contributed by atoms with E-state index >= 15 is 0 Å². The minimum Gasteiger partial charge on any atom is -0.463 e. The van der Waals surface area contributed by atoms with Crippen molar-refractivity contribution in [2.75, 3.05) is 185 Å². The first kappa shape index (κ1) is 118. The van der Waals surface area contributed by atoms with Gasteiger partial charge in [-0.25, -0.2) is 4.79 Å². The number of benzene rings is 1. The minimum absolute atomic E-state index is 0.00966. The van der Waals surface area contributed by atoms with Crippen LogP contribution < -0.4 is 42.5 Å². The van der Waals surface area contributed by atoms with Crippen LogP contribution >= 0.6 is 0 Å². The van der Waals surface area contributed by atoms with Gasteiger partial charge in [-0.3, -0.25) is 76.7 Å². The zero-order valence-corrected chi connectivity index (χ0v) is 78.9. The van der Waals surface area contributed by atoms with Gasteiger partial charge in [0.15, 0.2) is 55.5 Å². The second kappa shape index (κ2) is 67.6. The molecule has 3 heterocycles. The van der Waals surface area contributed by atoms with Crippen LogP contribution in [0.25, 0.3) is 0 Å². The quantitative estimate of drug-likeness (QED) is 0.0192. The van der Waals surface area contributed by atoms with Gasteiger partial charge in [0, 0.05) is 128 Å². The number of hydrogen-bond donors (Lipinski definition) is 8. The lowest BCUT2D eigenvalue weighted by molar-refractivity contribution is -0.279. The number of amides is 8. The Kier molecular flexibility index (Phi) is 58.5. The van der Waals surface area contributed by atoms with Gasteiger partial charge in [0.2, 0.25) is 41.4 Å². The number of esters is 9. The predicted molar refractivity (Wildman–Crippen MR) is 459 cm³/mol. The van der Waals surface area contributed by atoms with E-state index in [4.69, 9.17) is 118 Å². The molecule has 1 aromatic carbocycles. The first-order valence-corrected chi connectivity index (χ1v) is 44.3. The van der Waals surface area contributed by atoms with Gasteiger partial charge >= 0.3 is 59.8 Å². The summed E-state index contributed by atoms with van der Waals surface area (Å²) in [4.78, 5) is 213. The van der Waals surface area contributed by atoms with Gasteiger partial charge < -0.3 is 161 Å². The lowest BCUT2D eigenvalue weighted by atomic mass is 9.83. The molecule has 0 bridgehead atoms. The number of hydrogen-bond acceptors (Lipinski definition) is 42. The molecule has 50 heteroatoms. The third kappa shape index (κ3) is 51.5. The van der Waals surface area contributed by atoms with Crippen LogP contribution in [0.1, 0.15) is 127 Å². The Morgan fingerprint density at radius 2 is 0.551 bits per heavy atom. The summed E-state index contributed by atoms with van der Waals surface area (Å²) < 4.78 is 140. The maximum Gasteiger partial charge on any atom is 0.407 e. The maximum absolute atomic E-state index is 14.0. The van der Waals surface area contributed by atoms with Crippen molar-refractivity contribution in [1.82, 2.24) is 42.5 Å². The summed E-state index contributed by atoms with van der Waals surface area (Å²) in [5, 5.41) is 21.5. The van der Waals surface area contributed by atoms with Crippen molar-refractivity contribution in [2.45, 2.75) is 226 Å². The molecular formula is C86H134N8O42. The van der Waals surface area contributed by atoms with Crippen molar-refractivity contribution in [3.63, 3.8) is 0 Å². The molecule has 0 radical (unpaired) electrons. The number of rotatable bonds is 68. The fourth-order valence-electron chi connectivity index (χ4n) is 13.5. The number of carbonyl (C=O) groups excluding carboxylic acids is 17. The molecular weight excluding hydrogens is 1820 g/mol. The fourth-order valence-corrected chi connectivity index (χ4v) is 13.5. The topological polar surface area (TPSA) is 617 Å². The SMILES string of the molecule is CC(=O)NC1C(OCCOCCOCCOCCNC(=O)CCC(CCC(=O)NCCOCCOCCOCCOC2OC(COC(C)=O)C(OC(C)=O)C(OC(C)=O)C2NC(C)=O)(CCC(=O)NCCOCCOCCOCCOC2OC(COC(C)=O)C(OC(C)=O)C(OC(C)=O)C2NC(C)=O)NC(=O)CNC(=O)OCc2ccccc2)OC(COC(C)=O)C(OC(C)=O)C1OC(C)=O. The van der Waals surface area contributed by atoms with E-state index in [9.17, 15) is 81.5 Å². The van der Waals surface area contributed by atoms with Crippen molar-refractivity contribution in [3.05, 3.63) is 35.9 Å². The largest absolute Gasteiger partial charge is 0.463 e. The zero-order valence-electron chi connectivity index (χ0n) is 78.9. The van der Waals surface area contributed by atoms with Gasteiger partial charge in [0.05, 0.1) is 139 Å². The van der Waals surface area contributed by atoms with E-state index in [2.05, 4.69) is 42.5 Å². The van der Waals surface area contributed by atoms with E-state index < -0.39 is 225 Å². The van der Waals surface area contributed by atoms with Crippen molar-refractivity contribution in [3.8, 4) is 0 Å². The van der Waals surface area contributed by atoms with Crippen molar-refractivity contribution in [2.24, 2.45) is 0 Å². The third-order valence-corrected chi connectivity index (χ3v) is 19.2. The molecule has 0 aliphatic carbocycles. The second-order valence-corrected chi connectivity index (χ2v) is 30.6. The molecule has 770 valence electrons. The van der Waals surface area contributed by atoms with Crippen LogP contribution in [-0.4, -0.2) is 383 Å². The average Bonchev–Trinajstić information content (AvgIpc) is 0.792. The van der Waals surface area contributed by atoms with Crippen LogP contribution in [0, 0.1) is 0 Å². The molecule has 0 saturated carbocycles. The molecule has 15 unspecified atom stereocenters. The van der Waals surface area contributed by atoms with Gasteiger partial charge in [-0.1, -0.05) is 30.3 Å². The Labute approximate surface area is 787 Å². The highest BCUT2D eigenvalue weighted by Gasteiger charge is 2.55. The molecule has 8 amide bonds. The number of nitrogens with one attached hydrogen (secondary N) is 8. The van der Waals surface area contributed by atoms with Crippen LogP contribution in [-0.2, 0) is 202 Å². The predicted octanol–water partition coefficient (Wildman–Crippen LogP) is -2.38. The standard InChI is InChI=1S/C86H134N8O42/c1-53(95)91-73-79(131-62(10)104)76(128-59(7)101)66(50-124-56(4)98)134-82(73)121-45-42-118-39-36-115-33-30-112-27-24-87-69(107)18-21-86(94-72(110)48-90-85(111)127-49-65-16-14-13-15-17-65,22-19-70(108)88-25-28-113-31-34-116-37-40-119-43-46-122-83-74(92-54(2)96)80(132-63(11)105)77(129-60(8)102)67(135-83)51-125-57(5)99)23-20-71(109)89-26-29-114-32-35-117-38-41-120-44-47-123-84-75(93-55(3)97)81(133-64(12)106)78(130-61(9)103)68(136-84)52-126-58(6)100/h13-17,66-68,73-84H,18-52H2,1-12H3,(H,87,107)(H,88,108)(H,89,109)(H,90,111)(H,91,95)(H,92,96)(H,93,97)(H,94,110). The summed E-state index contributed by atoms with van der Waals surface area (Å²) in [5.74, 6) is -10.5. The Morgan fingerprint density at radius 3 is 0.809 bits per heavy atom. The molecule has 0 spiro atoms. The van der Waals surface area contributed by atoms with Crippen molar-refractivity contribution >= 4 is 101 Å². The molecule has 136 heavy (non-hydrogen) atoms. The van der Waals surface area contributed by atoms with Crippen LogP contribution in [0.4, 0.5) is 4.79 Å². The molecule has 1 aromatic rings. The maximum atomic E-state index is 14.0. The average molecular weight is 1950 g/mol. The van der Waals surface area contributed by atoms with E-state index in [1.165, 1.54) is 20.8 Å². The zero-order chi connectivity index (χ0) is 100. The number of alkyl carbamates (subject to hydrolysis) is 1. The lowest BCUT2D eigenvalue weighted by Crippen LogP contribution is -2.66. The number of ether oxygens (including phenoxy) is 25. The molecule has 3 saturated heterocycles. The monoisotopic (exact) mass is 1950 g/mol. The smallest absolute Gasteiger partial charge is 0.407 e. The van der Waals surface area contributed by atoms with Gasteiger partial charge in [-0.2, -0.15) is 0 Å². The van der Waals surface area contributed by atoms with E-state index in [1.807, 2.05) is 0 Å². The second-order valence-electron chi connectivity index (χ2n) is 30.6. The van der Waals surface area contributed by atoms with E-state index in [-0.39, 0.29) is 204 Å². The highest BCUT2D eigenvalue weighted by molar-refractivity contribution is 5.84. The summed E-state index contributed by atoms with van der Waals surface area (Å²) in [6.45, 7) is 12.9. The molecule has 3 aliphatic rings. The fraction of sp³-hybridized carbons (Fsp3) is 0.733. The molecule has 15 atom stereocenters. The van der Waals surface area contributed by atoms with Crippen LogP contribution in [0.2, 0.25) is 0 Å². The van der Waals surface area contributed by atoms with E-state index in [0.29, 0.717) is 5.56 Å².